The maximum atomic E-state index is 12.9. The summed E-state index contributed by atoms with van der Waals surface area (Å²) in [6.45, 7) is 6.43. The van der Waals surface area contributed by atoms with E-state index >= 15 is 0 Å². The van der Waals surface area contributed by atoms with Crippen molar-refractivity contribution < 1.29 is 14.3 Å². The molecular weight excluding hydrogens is 398 g/mol. The van der Waals surface area contributed by atoms with E-state index in [0.717, 1.165) is 49.2 Å². The van der Waals surface area contributed by atoms with Gasteiger partial charge in [0.25, 0.3) is 0 Å². The molecule has 30 heavy (non-hydrogen) atoms. The second kappa shape index (κ2) is 10.4. The number of nitriles is 1. The molecule has 6 nitrogen and oxygen atoms in total. The number of esters is 1. The Bertz CT molecular complexity index is 922. The lowest BCUT2D eigenvalue weighted by molar-refractivity contribution is -0.121. The van der Waals surface area contributed by atoms with Gasteiger partial charge in [0.1, 0.15) is 10.6 Å². The first kappa shape index (κ1) is 22.0. The molecule has 1 aliphatic heterocycles. The predicted octanol–water partition coefficient (Wildman–Crippen LogP) is 4.46. The minimum absolute atomic E-state index is 0.0576. The Morgan fingerprint density at radius 1 is 1.27 bits per heavy atom. The highest BCUT2D eigenvalue weighted by atomic mass is 32.1. The van der Waals surface area contributed by atoms with E-state index < -0.39 is 5.97 Å². The number of rotatable bonds is 7. The van der Waals surface area contributed by atoms with Crippen molar-refractivity contribution in [1.29, 1.82) is 5.26 Å². The monoisotopic (exact) mass is 425 g/mol. The fourth-order valence-electron chi connectivity index (χ4n) is 3.64. The third-order valence-corrected chi connectivity index (χ3v) is 6.26. The number of carbonyl (C=O) groups excluding carboxylic acids is 2. The topological polar surface area (TPSA) is 82.4 Å². The molecular formula is C23H27N3O3S. The Hall–Kier alpha value is -2.69. The molecule has 1 aliphatic rings. The average Bonchev–Trinajstić information content (AvgIpc) is 3.16. The molecule has 0 atom stereocenters. The summed E-state index contributed by atoms with van der Waals surface area (Å²) in [5.74, 6) is -0.572. The van der Waals surface area contributed by atoms with E-state index in [1.807, 2.05) is 36.6 Å². The van der Waals surface area contributed by atoms with Gasteiger partial charge in [-0.3, -0.25) is 4.79 Å². The van der Waals surface area contributed by atoms with Crippen molar-refractivity contribution in [2.75, 3.05) is 31.6 Å². The normalized spacial score (nSPS) is 14.8. The molecule has 2 heterocycles. The Kier molecular flexibility index (Phi) is 7.61. The minimum atomic E-state index is -0.420. The molecule has 1 aromatic carbocycles. The van der Waals surface area contributed by atoms with Crippen LogP contribution in [0.5, 0.6) is 0 Å². The van der Waals surface area contributed by atoms with Crippen molar-refractivity contribution in [3.8, 4) is 17.2 Å². The first-order valence-electron chi connectivity index (χ1n) is 10.3. The van der Waals surface area contributed by atoms with Crippen molar-refractivity contribution >= 4 is 28.2 Å². The SMILES string of the molecule is CCOC(=O)c1c(-c2ccc(C)cc2)csc1NC(=O)C1CCN(CCC#N)CC1. The second-order valence-corrected chi connectivity index (χ2v) is 8.33. The smallest absolute Gasteiger partial charge is 0.341 e. The fourth-order valence-corrected chi connectivity index (χ4v) is 4.60. The third kappa shape index (κ3) is 5.26. The number of ether oxygens (including phenoxy) is 1. The number of nitrogens with zero attached hydrogens (tertiary/aromatic N) is 2. The molecule has 2 aromatic rings. The van der Waals surface area contributed by atoms with Crippen molar-refractivity contribution in [3.05, 3.63) is 40.8 Å². The zero-order valence-corrected chi connectivity index (χ0v) is 18.3. The van der Waals surface area contributed by atoms with Gasteiger partial charge >= 0.3 is 5.97 Å². The molecule has 0 unspecified atom stereocenters. The maximum absolute atomic E-state index is 12.9. The van der Waals surface area contributed by atoms with E-state index in [-0.39, 0.29) is 18.4 Å². The molecule has 158 valence electrons. The largest absolute Gasteiger partial charge is 0.462 e. The van der Waals surface area contributed by atoms with Crippen molar-refractivity contribution in [2.45, 2.75) is 33.1 Å². The number of anilines is 1. The number of piperidine rings is 1. The molecule has 1 amide bonds. The van der Waals surface area contributed by atoms with Crippen LogP contribution >= 0.6 is 11.3 Å². The highest BCUT2D eigenvalue weighted by Gasteiger charge is 2.28. The average molecular weight is 426 g/mol. The molecule has 0 radical (unpaired) electrons. The molecule has 3 rings (SSSR count). The minimum Gasteiger partial charge on any atom is -0.462 e. The number of likely N-dealkylation sites (tertiary alicyclic amines) is 1. The van der Waals surface area contributed by atoms with Gasteiger partial charge in [0.15, 0.2) is 0 Å². The Morgan fingerprint density at radius 2 is 1.97 bits per heavy atom. The van der Waals surface area contributed by atoms with Crippen LogP contribution in [0.2, 0.25) is 0 Å². The number of thiophene rings is 1. The van der Waals surface area contributed by atoms with Crippen LogP contribution in [-0.2, 0) is 9.53 Å². The van der Waals surface area contributed by atoms with Crippen LogP contribution in [0.25, 0.3) is 11.1 Å². The quantitative estimate of drug-likeness (QED) is 0.662. The van der Waals surface area contributed by atoms with Crippen LogP contribution < -0.4 is 5.32 Å². The van der Waals surface area contributed by atoms with E-state index in [9.17, 15) is 9.59 Å². The molecule has 7 heteroatoms. The molecule has 1 N–H and O–H groups in total. The molecule has 1 fully saturated rings. The number of amides is 1. The fraction of sp³-hybridized carbons (Fsp3) is 0.435. The molecule has 1 aromatic heterocycles. The summed E-state index contributed by atoms with van der Waals surface area (Å²) in [4.78, 5) is 27.8. The molecule has 1 saturated heterocycles. The van der Waals surface area contributed by atoms with Gasteiger partial charge in [0.05, 0.1) is 12.7 Å². The number of hydrogen-bond acceptors (Lipinski definition) is 6. The van der Waals surface area contributed by atoms with Crippen LogP contribution in [0.4, 0.5) is 5.00 Å². The van der Waals surface area contributed by atoms with Gasteiger partial charge in [-0.25, -0.2) is 4.79 Å². The number of nitrogens with one attached hydrogen (secondary N) is 1. The van der Waals surface area contributed by atoms with E-state index in [4.69, 9.17) is 10.00 Å². The van der Waals surface area contributed by atoms with Crippen molar-refractivity contribution in [1.82, 2.24) is 4.90 Å². The van der Waals surface area contributed by atoms with Gasteiger partial charge in [-0.2, -0.15) is 5.26 Å². The summed E-state index contributed by atoms with van der Waals surface area (Å²) in [5, 5.41) is 14.2. The van der Waals surface area contributed by atoms with Crippen molar-refractivity contribution in [3.63, 3.8) is 0 Å². The van der Waals surface area contributed by atoms with E-state index in [1.165, 1.54) is 11.3 Å². The number of aryl methyl sites for hydroxylation is 1. The van der Waals surface area contributed by atoms with E-state index in [0.29, 0.717) is 17.0 Å². The summed E-state index contributed by atoms with van der Waals surface area (Å²) < 4.78 is 5.27. The summed E-state index contributed by atoms with van der Waals surface area (Å²) in [6, 6.07) is 10.1. The van der Waals surface area contributed by atoms with Crippen LogP contribution in [0.1, 0.15) is 42.1 Å². The zero-order valence-electron chi connectivity index (χ0n) is 17.4. The summed E-state index contributed by atoms with van der Waals surface area (Å²) in [5.41, 5.74) is 3.26. The molecule has 0 bridgehead atoms. The third-order valence-electron chi connectivity index (χ3n) is 5.37. The van der Waals surface area contributed by atoms with Crippen LogP contribution in [0.15, 0.2) is 29.6 Å². The number of benzene rings is 1. The van der Waals surface area contributed by atoms with Crippen molar-refractivity contribution in [2.24, 2.45) is 5.92 Å². The first-order chi connectivity index (χ1) is 14.5. The zero-order chi connectivity index (χ0) is 21.5. The number of hydrogen-bond donors (Lipinski definition) is 1. The second-order valence-electron chi connectivity index (χ2n) is 7.45. The Labute approximate surface area is 181 Å². The highest BCUT2D eigenvalue weighted by molar-refractivity contribution is 7.15. The van der Waals surface area contributed by atoms with Crippen LogP contribution in [0, 0.1) is 24.2 Å². The van der Waals surface area contributed by atoms with Gasteiger partial charge in [-0.05, 0) is 45.3 Å². The predicted molar refractivity (Wildman–Crippen MR) is 118 cm³/mol. The van der Waals surface area contributed by atoms with Gasteiger partial charge in [0.2, 0.25) is 5.91 Å². The summed E-state index contributed by atoms with van der Waals surface area (Å²) in [7, 11) is 0. The number of carbonyl (C=O) groups is 2. The lowest BCUT2D eigenvalue weighted by atomic mass is 9.95. The Balaban J connectivity index is 1.75. The molecule has 0 saturated carbocycles. The van der Waals surface area contributed by atoms with Gasteiger partial charge in [-0.15, -0.1) is 11.3 Å². The Morgan fingerprint density at radius 3 is 2.60 bits per heavy atom. The van der Waals surface area contributed by atoms with Gasteiger partial charge in [-0.1, -0.05) is 29.8 Å². The van der Waals surface area contributed by atoms with E-state index in [2.05, 4.69) is 16.3 Å². The van der Waals surface area contributed by atoms with Gasteiger partial charge < -0.3 is 15.0 Å². The van der Waals surface area contributed by atoms with E-state index in [1.54, 1.807) is 6.92 Å². The lowest BCUT2D eigenvalue weighted by Gasteiger charge is -2.30. The first-order valence-corrected chi connectivity index (χ1v) is 11.2. The molecule has 0 aliphatic carbocycles. The van der Waals surface area contributed by atoms with Gasteiger partial charge in [0, 0.05) is 29.8 Å². The highest BCUT2D eigenvalue weighted by Crippen LogP contribution is 2.37. The maximum Gasteiger partial charge on any atom is 0.341 e. The molecule has 0 spiro atoms. The summed E-state index contributed by atoms with van der Waals surface area (Å²) >= 11 is 1.35. The van der Waals surface area contributed by atoms with Crippen LogP contribution in [0.3, 0.4) is 0 Å². The summed E-state index contributed by atoms with van der Waals surface area (Å²) in [6.07, 6.45) is 2.02. The lowest BCUT2D eigenvalue weighted by Crippen LogP contribution is -2.38. The van der Waals surface area contributed by atoms with Crippen LogP contribution in [-0.4, -0.2) is 43.0 Å². The standard InChI is InChI=1S/C23H27N3O3S/c1-3-29-23(28)20-19(17-7-5-16(2)6-8-17)15-30-22(20)25-21(27)18-9-13-26(14-10-18)12-4-11-24/h5-8,15,18H,3-4,9-10,12-14H2,1-2H3,(H,25,27).